The normalized spacial score (nSPS) is 13.7. The number of hydrogen-bond donors (Lipinski definition) is 0. The SMILES string of the molecule is CC1(C)c2ccccc2-c2c(-c3ccc4c(c3)c3ccccc3n4-c3ccccc3)ccc(-c3ccc(N(c4ccc(-c5ccccc5)cc4)c4cccc5c4-c4ccccc4C5(c4ccccc4)c4ccccc4)cc3)c21.CC1(C)c2ccccc2-c2ccc(N(c3ccc(-c4ccc(-c5cccc6c5oc5ccccc56)c5c4C(C)(C)c4ccccc4-5)cc3)c3ccccc3-c3ccccc3)cc21. The van der Waals surface area contributed by atoms with Crippen LogP contribution in [-0.2, 0) is 21.7 Å². The third-order valence-electron chi connectivity index (χ3n) is 31.0. The first-order valence-electron chi connectivity index (χ1n) is 49.0. The molecule has 0 radical (unpaired) electrons. The molecule has 2 aromatic heterocycles. The first-order chi connectivity index (χ1) is 68.8. The van der Waals surface area contributed by atoms with Crippen LogP contribution in [0.3, 0.4) is 0 Å². The van der Waals surface area contributed by atoms with E-state index in [4.69, 9.17) is 4.42 Å². The van der Waals surface area contributed by atoms with Crippen molar-refractivity contribution >= 4 is 77.9 Å². The molecule has 0 saturated heterocycles. The molecule has 4 aliphatic carbocycles. The van der Waals surface area contributed by atoms with E-state index in [1.165, 1.54) is 189 Å². The van der Waals surface area contributed by atoms with Crippen molar-refractivity contribution in [3.63, 3.8) is 0 Å². The second kappa shape index (κ2) is 32.8. The molecule has 2 heterocycles. The van der Waals surface area contributed by atoms with Crippen LogP contribution in [0.25, 0.3) is 161 Å². The Morgan fingerprint density at radius 1 is 0.207 bits per heavy atom. The Balaban J connectivity index is 0.000000148. The van der Waals surface area contributed by atoms with Gasteiger partial charge in [-0.1, -0.05) is 436 Å². The van der Waals surface area contributed by atoms with Gasteiger partial charge in [0.05, 0.1) is 27.8 Å². The van der Waals surface area contributed by atoms with Crippen LogP contribution < -0.4 is 9.80 Å². The number of rotatable bonds is 15. The van der Waals surface area contributed by atoms with Crippen LogP contribution in [0.5, 0.6) is 0 Å². The van der Waals surface area contributed by atoms with Gasteiger partial charge in [0, 0.05) is 82.9 Å². The van der Waals surface area contributed by atoms with E-state index >= 15 is 0 Å². The van der Waals surface area contributed by atoms with Gasteiger partial charge in [-0.3, -0.25) is 0 Å². The molecule has 0 saturated carbocycles. The zero-order valence-electron chi connectivity index (χ0n) is 79.0. The van der Waals surface area contributed by atoms with Crippen LogP contribution in [-0.4, -0.2) is 4.57 Å². The van der Waals surface area contributed by atoms with Gasteiger partial charge in [-0.25, -0.2) is 0 Å². The van der Waals surface area contributed by atoms with Crippen molar-refractivity contribution in [1.82, 2.24) is 4.57 Å². The number of furan rings is 1. The Bertz CT molecular complexity index is 8810. The van der Waals surface area contributed by atoms with Crippen LogP contribution in [0.2, 0.25) is 0 Å². The summed E-state index contributed by atoms with van der Waals surface area (Å²) in [6.45, 7) is 14.3. The van der Waals surface area contributed by atoms with E-state index in [-0.39, 0.29) is 16.2 Å². The third-order valence-corrected chi connectivity index (χ3v) is 31.0. The highest BCUT2D eigenvalue weighted by Crippen LogP contribution is 2.63. The minimum absolute atomic E-state index is 0.122. The maximum Gasteiger partial charge on any atom is 0.143 e. The number of aromatic nitrogens is 1. The van der Waals surface area contributed by atoms with Gasteiger partial charge < -0.3 is 18.8 Å². The average molecular weight is 1790 g/mol. The van der Waals surface area contributed by atoms with Crippen LogP contribution in [0, 0.1) is 0 Å². The fraction of sp³-hybridized carbons (Fsp3) is 0.0735. The topological polar surface area (TPSA) is 24.6 Å². The molecule has 0 amide bonds. The lowest BCUT2D eigenvalue weighted by molar-refractivity contribution is 0.660. The predicted molar refractivity (Wildman–Crippen MR) is 586 cm³/mol. The molecule has 4 nitrogen and oxygen atoms in total. The monoisotopic (exact) mass is 1790 g/mol. The quantitative estimate of drug-likeness (QED) is 0.102. The molecule has 664 valence electrons. The van der Waals surface area contributed by atoms with Crippen molar-refractivity contribution in [1.29, 1.82) is 0 Å². The first-order valence-corrected chi connectivity index (χ1v) is 49.0. The Hall–Kier alpha value is -17.2. The molecule has 140 heavy (non-hydrogen) atoms. The van der Waals surface area contributed by atoms with Gasteiger partial charge in [-0.05, 0) is 247 Å². The zero-order valence-corrected chi connectivity index (χ0v) is 79.0. The molecule has 0 N–H and O–H groups in total. The van der Waals surface area contributed by atoms with E-state index < -0.39 is 5.41 Å². The number of nitrogens with zero attached hydrogens (tertiary/aromatic N) is 3. The number of fused-ring (bicyclic) bond motifs is 18. The largest absolute Gasteiger partial charge is 0.455 e. The first kappa shape index (κ1) is 83.4. The molecule has 0 aliphatic heterocycles. The van der Waals surface area contributed by atoms with E-state index in [2.05, 4.69) is 541 Å². The molecule has 4 heteroatoms. The number of benzene rings is 21. The summed E-state index contributed by atoms with van der Waals surface area (Å²) >= 11 is 0. The average Bonchev–Trinajstić information content (AvgIpc) is 1.53. The van der Waals surface area contributed by atoms with Crippen molar-refractivity contribution < 1.29 is 4.42 Å². The molecule has 0 spiro atoms. The molecular weight excluding hydrogens is 1690 g/mol. The summed E-state index contributed by atoms with van der Waals surface area (Å²) in [5.74, 6) is 0. The van der Waals surface area contributed by atoms with E-state index in [0.29, 0.717) is 0 Å². The van der Waals surface area contributed by atoms with Crippen molar-refractivity contribution in [3.05, 3.63) is 547 Å². The van der Waals surface area contributed by atoms with Crippen molar-refractivity contribution in [2.45, 2.75) is 63.2 Å². The van der Waals surface area contributed by atoms with Gasteiger partial charge in [-0.15, -0.1) is 0 Å². The predicted octanol–water partition coefficient (Wildman–Crippen LogP) is 36.6. The summed E-state index contributed by atoms with van der Waals surface area (Å²) in [6.07, 6.45) is 0. The summed E-state index contributed by atoms with van der Waals surface area (Å²) in [5, 5.41) is 4.80. The maximum atomic E-state index is 6.65. The van der Waals surface area contributed by atoms with Gasteiger partial charge >= 0.3 is 0 Å². The lowest BCUT2D eigenvalue weighted by Crippen LogP contribution is -2.28. The molecule has 4 aliphatic rings. The molecule has 21 aromatic carbocycles. The summed E-state index contributed by atoms with van der Waals surface area (Å²) in [7, 11) is 0. The molecule has 0 fully saturated rings. The molecule has 0 unspecified atom stereocenters. The van der Waals surface area contributed by atoms with E-state index in [9.17, 15) is 0 Å². The van der Waals surface area contributed by atoms with Crippen LogP contribution in [0.4, 0.5) is 34.1 Å². The van der Waals surface area contributed by atoms with Crippen LogP contribution >= 0.6 is 0 Å². The standard InChI is InChI=1S/C76H54N2.C60H45NO/c1-75(2)66-33-18-15-31-63(66)72-60(54-42-49-70-65(50-54)62-30-17-20-36-69(62)78(70)57-28-13-6-14-29-57)47-48-61(74(72)75)53-40-45-59(46-41-53)77(58-43-38-52(39-44-58)51-22-7-3-8-23-51)71-37-21-35-68-73(71)64-32-16-19-34-67(64)76(68,55-24-9-4-10-25-55)56-26-11-5-12-27-56;1-59(2)51-25-12-8-20-44(51)45-34-33-41(37-53(45)59)61(54-27-14-10-19-42(54)38-17-6-5-7-18-38)40-31-29-39(30-32-40)43-35-36-47(56-50-22-9-13-26-52(50)60(3,4)57(43)56)49-24-16-23-48-46-21-11-15-28-55(46)62-58(48)49/h3-50H,1-2H3;5-37H,1-4H3. The summed E-state index contributed by atoms with van der Waals surface area (Å²) in [6, 6.07) is 181. The molecule has 0 atom stereocenters. The smallest absolute Gasteiger partial charge is 0.143 e. The highest BCUT2D eigenvalue weighted by molar-refractivity contribution is 6.14. The van der Waals surface area contributed by atoms with E-state index in [0.717, 1.165) is 61.6 Å². The maximum absolute atomic E-state index is 6.65. The molecular formula is C136H99N3O. The summed E-state index contributed by atoms with van der Waals surface area (Å²) < 4.78 is 9.05. The van der Waals surface area contributed by atoms with Gasteiger partial charge in [-0.2, -0.15) is 0 Å². The minimum Gasteiger partial charge on any atom is -0.455 e. The second-order valence-corrected chi connectivity index (χ2v) is 39.6. The third kappa shape index (κ3) is 13.0. The number of hydrogen-bond acceptors (Lipinski definition) is 3. The number of anilines is 6. The van der Waals surface area contributed by atoms with Gasteiger partial charge in [0.25, 0.3) is 0 Å². The Kier molecular flexibility index (Phi) is 19.5. The molecule has 0 bridgehead atoms. The Labute approximate surface area is 818 Å². The molecule has 23 aromatic rings. The van der Waals surface area contributed by atoms with Crippen molar-refractivity contribution in [2.75, 3.05) is 9.80 Å². The zero-order chi connectivity index (χ0) is 93.7. The second-order valence-electron chi connectivity index (χ2n) is 39.6. The van der Waals surface area contributed by atoms with E-state index in [1.54, 1.807) is 0 Å². The fourth-order valence-corrected chi connectivity index (χ4v) is 24.6. The fourth-order valence-electron chi connectivity index (χ4n) is 24.6. The molecule has 27 rings (SSSR count). The Morgan fingerprint density at radius 3 is 1.21 bits per heavy atom. The van der Waals surface area contributed by atoms with Gasteiger partial charge in [0.15, 0.2) is 0 Å². The number of para-hydroxylation sites is 5. The highest BCUT2D eigenvalue weighted by atomic mass is 16.3. The van der Waals surface area contributed by atoms with Gasteiger partial charge in [0.1, 0.15) is 11.2 Å². The summed E-state index contributed by atoms with van der Waals surface area (Å²) in [5.41, 5.74) is 49.1. The van der Waals surface area contributed by atoms with Gasteiger partial charge in [0.2, 0.25) is 0 Å². The van der Waals surface area contributed by atoms with Crippen LogP contribution in [0.1, 0.15) is 97.2 Å². The lowest BCUT2D eigenvalue weighted by atomic mass is 9.68. The summed E-state index contributed by atoms with van der Waals surface area (Å²) in [4.78, 5) is 4.94. The highest BCUT2D eigenvalue weighted by Gasteiger charge is 2.49. The van der Waals surface area contributed by atoms with Crippen molar-refractivity contribution in [2.24, 2.45) is 0 Å². The lowest BCUT2D eigenvalue weighted by Gasteiger charge is -2.34. The van der Waals surface area contributed by atoms with Crippen LogP contribution in [0.15, 0.2) is 496 Å². The Morgan fingerprint density at radius 2 is 0.593 bits per heavy atom. The van der Waals surface area contributed by atoms with Crippen molar-refractivity contribution in [3.8, 4) is 117 Å². The van der Waals surface area contributed by atoms with E-state index in [1.807, 2.05) is 6.07 Å². The minimum atomic E-state index is -0.527.